The van der Waals surface area contributed by atoms with Gasteiger partial charge in [0.2, 0.25) is 0 Å². The van der Waals surface area contributed by atoms with Gasteiger partial charge in [0.25, 0.3) is 5.60 Å². The summed E-state index contributed by atoms with van der Waals surface area (Å²) in [4.78, 5) is 0. The molecule has 7 heteroatoms. The van der Waals surface area contributed by atoms with Crippen molar-refractivity contribution in [3.05, 3.63) is 0 Å². The fourth-order valence-corrected chi connectivity index (χ4v) is 2.92. The van der Waals surface area contributed by atoms with E-state index in [0.717, 1.165) is 0 Å². The van der Waals surface area contributed by atoms with Crippen LogP contribution in [0.5, 0.6) is 0 Å². The number of aliphatic hydroxyl groups is 3. The van der Waals surface area contributed by atoms with Gasteiger partial charge in [-0.25, -0.2) is 0 Å². The van der Waals surface area contributed by atoms with E-state index in [4.69, 9.17) is 29.5 Å². The maximum Gasteiger partial charge on any atom is 0.255 e. The SMILES string of the molecule is C[Si](C)(C)C(OCCO)(OCCO)OCCO. The van der Waals surface area contributed by atoms with Crippen LogP contribution in [0.3, 0.4) is 0 Å². The predicted octanol–water partition coefficient (Wildman–Crippen LogP) is -0.456. The van der Waals surface area contributed by atoms with E-state index in [2.05, 4.69) is 0 Å². The quantitative estimate of drug-likeness (QED) is 0.367. The number of aliphatic hydroxyl groups excluding tert-OH is 3. The van der Waals surface area contributed by atoms with Crippen LogP contribution in [0.25, 0.3) is 0 Å². The minimum Gasteiger partial charge on any atom is -0.394 e. The first-order chi connectivity index (χ1) is 7.93. The van der Waals surface area contributed by atoms with E-state index in [9.17, 15) is 0 Å². The zero-order valence-corrected chi connectivity index (χ0v) is 11.8. The van der Waals surface area contributed by atoms with E-state index in [0.29, 0.717) is 0 Å². The molecular weight excluding hydrogens is 244 g/mol. The van der Waals surface area contributed by atoms with Crippen LogP contribution in [-0.4, -0.2) is 68.6 Å². The molecule has 0 saturated carbocycles. The molecule has 0 aromatic carbocycles. The molecule has 0 bridgehead atoms. The van der Waals surface area contributed by atoms with Crippen LogP contribution in [0.1, 0.15) is 0 Å². The molecule has 0 aromatic heterocycles. The number of rotatable bonds is 10. The first-order valence-electron chi connectivity index (χ1n) is 5.68. The minimum atomic E-state index is -2.05. The maximum absolute atomic E-state index is 8.83. The Balaban J connectivity index is 4.78. The van der Waals surface area contributed by atoms with E-state index in [-0.39, 0.29) is 39.6 Å². The van der Waals surface area contributed by atoms with Gasteiger partial charge in [-0.15, -0.1) is 0 Å². The first-order valence-corrected chi connectivity index (χ1v) is 9.18. The van der Waals surface area contributed by atoms with Crippen molar-refractivity contribution in [2.24, 2.45) is 0 Å². The Bertz CT molecular complexity index is 172. The first kappa shape index (κ1) is 17.0. The number of ether oxygens (including phenoxy) is 3. The van der Waals surface area contributed by atoms with Crippen LogP contribution in [0.15, 0.2) is 0 Å². The molecule has 0 rings (SSSR count). The number of hydrogen-bond donors (Lipinski definition) is 3. The Hall–Kier alpha value is -0.0231. The largest absolute Gasteiger partial charge is 0.394 e. The summed E-state index contributed by atoms with van der Waals surface area (Å²) in [6.07, 6.45) is 0. The van der Waals surface area contributed by atoms with E-state index >= 15 is 0 Å². The smallest absolute Gasteiger partial charge is 0.255 e. The Morgan fingerprint density at radius 1 is 0.765 bits per heavy atom. The van der Waals surface area contributed by atoms with Gasteiger partial charge in [-0.2, -0.15) is 0 Å². The predicted molar refractivity (Wildman–Crippen MR) is 65.2 cm³/mol. The molecule has 0 radical (unpaired) electrons. The summed E-state index contributed by atoms with van der Waals surface area (Å²) in [6.45, 7) is 5.78. The third-order valence-corrected chi connectivity index (χ3v) is 4.34. The zero-order chi connectivity index (χ0) is 13.4. The molecule has 6 nitrogen and oxygen atoms in total. The van der Waals surface area contributed by atoms with Crippen LogP contribution < -0.4 is 0 Å². The summed E-state index contributed by atoms with van der Waals surface area (Å²) in [6, 6.07) is 0. The van der Waals surface area contributed by atoms with E-state index in [1.807, 2.05) is 19.6 Å². The highest BCUT2D eigenvalue weighted by molar-refractivity contribution is 6.78. The topological polar surface area (TPSA) is 88.4 Å². The molecule has 0 fully saturated rings. The summed E-state index contributed by atoms with van der Waals surface area (Å²) < 4.78 is 16.5. The Morgan fingerprint density at radius 2 is 1.06 bits per heavy atom. The molecule has 0 unspecified atom stereocenters. The summed E-state index contributed by atoms with van der Waals surface area (Å²) in [7, 11) is -2.05. The van der Waals surface area contributed by atoms with Crippen molar-refractivity contribution in [2.45, 2.75) is 25.2 Å². The lowest BCUT2D eigenvalue weighted by atomic mass is 10.7. The van der Waals surface area contributed by atoms with Gasteiger partial charge in [0, 0.05) is 0 Å². The molecule has 0 aliphatic rings. The molecule has 0 aliphatic heterocycles. The maximum atomic E-state index is 8.83. The molecule has 0 amide bonds. The lowest BCUT2D eigenvalue weighted by Gasteiger charge is -2.41. The van der Waals surface area contributed by atoms with Gasteiger partial charge in [0.1, 0.15) is 0 Å². The summed E-state index contributed by atoms with van der Waals surface area (Å²) in [5.41, 5.74) is -1.25. The molecule has 0 saturated heterocycles. The molecular formula is C10H24O6Si. The number of hydrogen-bond acceptors (Lipinski definition) is 6. The van der Waals surface area contributed by atoms with E-state index in [1.165, 1.54) is 0 Å². The second-order valence-corrected chi connectivity index (χ2v) is 9.63. The van der Waals surface area contributed by atoms with Crippen molar-refractivity contribution in [3.8, 4) is 0 Å². The Kier molecular flexibility index (Phi) is 8.13. The van der Waals surface area contributed by atoms with E-state index in [1.54, 1.807) is 0 Å². The molecule has 0 heterocycles. The third-order valence-electron chi connectivity index (χ3n) is 2.07. The third kappa shape index (κ3) is 5.43. The van der Waals surface area contributed by atoms with E-state index < -0.39 is 13.7 Å². The van der Waals surface area contributed by atoms with Crippen molar-refractivity contribution in [2.75, 3.05) is 39.6 Å². The minimum absolute atomic E-state index is 0.0845. The van der Waals surface area contributed by atoms with Gasteiger partial charge < -0.3 is 29.5 Å². The molecule has 104 valence electrons. The monoisotopic (exact) mass is 268 g/mol. The van der Waals surface area contributed by atoms with Crippen molar-refractivity contribution in [1.82, 2.24) is 0 Å². The van der Waals surface area contributed by atoms with Crippen molar-refractivity contribution in [3.63, 3.8) is 0 Å². The molecule has 0 aromatic rings. The molecule has 0 atom stereocenters. The van der Waals surface area contributed by atoms with Crippen LogP contribution in [0.2, 0.25) is 19.6 Å². The highest BCUT2D eigenvalue weighted by Crippen LogP contribution is 2.28. The molecule has 0 spiro atoms. The van der Waals surface area contributed by atoms with Crippen LogP contribution in [0, 0.1) is 0 Å². The van der Waals surface area contributed by atoms with Gasteiger partial charge >= 0.3 is 0 Å². The van der Waals surface area contributed by atoms with Crippen molar-refractivity contribution >= 4 is 8.07 Å². The fourth-order valence-electron chi connectivity index (χ4n) is 1.31. The van der Waals surface area contributed by atoms with Gasteiger partial charge in [0.05, 0.1) is 39.6 Å². The second kappa shape index (κ2) is 8.14. The average molecular weight is 268 g/mol. The fraction of sp³-hybridized carbons (Fsp3) is 1.00. The Labute approximate surface area is 103 Å². The highest BCUT2D eigenvalue weighted by atomic mass is 28.3. The van der Waals surface area contributed by atoms with Gasteiger partial charge in [-0.3, -0.25) is 0 Å². The van der Waals surface area contributed by atoms with Crippen molar-refractivity contribution in [1.29, 1.82) is 0 Å². The second-order valence-electron chi connectivity index (χ2n) is 4.52. The molecule has 3 N–H and O–H groups in total. The van der Waals surface area contributed by atoms with Crippen LogP contribution in [-0.2, 0) is 14.2 Å². The van der Waals surface area contributed by atoms with Gasteiger partial charge in [0.15, 0.2) is 8.07 Å². The summed E-state index contributed by atoms with van der Waals surface area (Å²) in [5, 5.41) is 26.5. The highest BCUT2D eigenvalue weighted by Gasteiger charge is 2.47. The molecule has 0 aliphatic carbocycles. The van der Waals surface area contributed by atoms with Crippen LogP contribution in [0.4, 0.5) is 0 Å². The van der Waals surface area contributed by atoms with Crippen molar-refractivity contribution < 1.29 is 29.5 Å². The Morgan fingerprint density at radius 3 is 1.24 bits per heavy atom. The summed E-state index contributed by atoms with van der Waals surface area (Å²) in [5.74, 6) is 0. The van der Waals surface area contributed by atoms with Gasteiger partial charge in [-0.1, -0.05) is 19.6 Å². The zero-order valence-electron chi connectivity index (χ0n) is 10.8. The lowest BCUT2D eigenvalue weighted by molar-refractivity contribution is -0.337. The molecule has 17 heavy (non-hydrogen) atoms. The lowest BCUT2D eigenvalue weighted by Crippen LogP contribution is -2.59. The standard InChI is InChI=1S/C10H24O6Si/c1-17(2,3)10(14-7-4-11,15-8-5-12)16-9-6-13/h11-13H,4-9H2,1-3H3. The summed E-state index contributed by atoms with van der Waals surface area (Å²) >= 11 is 0. The average Bonchev–Trinajstić information content (AvgIpc) is 2.27. The van der Waals surface area contributed by atoms with Gasteiger partial charge in [-0.05, 0) is 0 Å². The van der Waals surface area contributed by atoms with Crippen LogP contribution >= 0.6 is 0 Å². The normalized spacial score (nSPS) is 13.1.